The van der Waals surface area contributed by atoms with Gasteiger partial charge in [-0.15, -0.1) is 10.2 Å². The Hall–Kier alpha value is -2.70. The summed E-state index contributed by atoms with van der Waals surface area (Å²) >= 11 is 0. The summed E-state index contributed by atoms with van der Waals surface area (Å²) in [4.78, 5) is 22.6. The zero-order valence-electron chi connectivity index (χ0n) is 11.8. The lowest BCUT2D eigenvalue weighted by Gasteiger charge is -2.06. The van der Waals surface area contributed by atoms with Gasteiger partial charge in [0.2, 0.25) is 5.91 Å². The van der Waals surface area contributed by atoms with Crippen molar-refractivity contribution in [1.29, 1.82) is 0 Å². The van der Waals surface area contributed by atoms with Gasteiger partial charge in [-0.1, -0.05) is 6.07 Å². The lowest BCUT2D eigenvalue weighted by atomic mass is 10.1. The molecule has 0 aliphatic rings. The Morgan fingerprint density at radius 2 is 2.00 bits per heavy atom. The van der Waals surface area contributed by atoms with Crippen LogP contribution in [0.2, 0.25) is 0 Å². The van der Waals surface area contributed by atoms with E-state index in [1.54, 1.807) is 0 Å². The van der Waals surface area contributed by atoms with Crippen LogP contribution in [0.25, 0.3) is 5.65 Å². The van der Waals surface area contributed by atoms with E-state index in [1.807, 2.05) is 28.8 Å². The third-order valence-corrected chi connectivity index (χ3v) is 3.24. The van der Waals surface area contributed by atoms with Gasteiger partial charge in [-0.3, -0.25) is 9.20 Å². The highest BCUT2D eigenvalue weighted by atomic mass is 16.4. The first kappa shape index (κ1) is 14.7. The van der Waals surface area contributed by atoms with Gasteiger partial charge in [0, 0.05) is 30.3 Å². The van der Waals surface area contributed by atoms with Crippen LogP contribution in [0.15, 0.2) is 35.5 Å². The largest absolute Gasteiger partial charge is 0.478 e. The first-order valence-electron chi connectivity index (χ1n) is 6.48. The van der Waals surface area contributed by atoms with Crippen LogP contribution in [-0.2, 0) is 16.0 Å². The molecule has 0 atom stereocenters. The summed E-state index contributed by atoms with van der Waals surface area (Å²) in [7, 11) is 0. The van der Waals surface area contributed by atoms with E-state index in [2.05, 4.69) is 15.5 Å². The fourth-order valence-electron chi connectivity index (χ4n) is 1.81. The monoisotopic (exact) mass is 288 g/mol. The molecular formula is C14H16N4O3. The number of pyridine rings is 1. The zero-order chi connectivity index (χ0) is 15.4. The molecule has 0 aliphatic carbocycles. The fourth-order valence-corrected chi connectivity index (χ4v) is 1.81. The third-order valence-electron chi connectivity index (χ3n) is 3.24. The van der Waals surface area contributed by atoms with Gasteiger partial charge < -0.3 is 10.4 Å². The summed E-state index contributed by atoms with van der Waals surface area (Å²) in [5.41, 5.74) is 0.991. The summed E-state index contributed by atoms with van der Waals surface area (Å²) in [5, 5.41) is 19.6. The van der Waals surface area contributed by atoms with Crippen molar-refractivity contribution < 1.29 is 14.7 Å². The lowest BCUT2D eigenvalue weighted by Crippen LogP contribution is -2.28. The molecule has 1 amide bonds. The van der Waals surface area contributed by atoms with Crippen molar-refractivity contribution in [2.24, 2.45) is 0 Å². The van der Waals surface area contributed by atoms with Crippen LogP contribution in [0, 0.1) is 0 Å². The minimum absolute atomic E-state index is 0.0421. The maximum Gasteiger partial charge on any atom is 0.331 e. The Labute approximate surface area is 121 Å². The van der Waals surface area contributed by atoms with Gasteiger partial charge in [-0.05, 0) is 26.0 Å². The molecule has 0 radical (unpaired) electrons. The topological polar surface area (TPSA) is 96.6 Å². The number of carboxylic acid groups (broad SMARTS) is 1. The molecule has 2 aromatic heterocycles. The molecule has 0 bridgehead atoms. The van der Waals surface area contributed by atoms with Crippen molar-refractivity contribution in [3.8, 4) is 0 Å². The van der Waals surface area contributed by atoms with Crippen LogP contribution in [0.5, 0.6) is 0 Å². The molecule has 110 valence electrons. The first-order valence-corrected chi connectivity index (χ1v) is 6.48. The average molecular weight is 288 g/mol. The lowest BCUT2D eigenvalue weighted by molar-refractivity contribution is -0.133. The summed E-state index contributed by atoms with van der Waals surface area (Å²) in [6, 6.07) is 5.60. The van der Waals surface area contributed by atoms with Crippen LogP contribution in [0.1, 0.15) is 19.7 Å². The Kier molecular flexibility index (Phi) is 4.32. The second kappa shape index (κ2) is 6.17. The van der Waals surface area contributed by atoms with Crippen molar-refractivity contribution >= 4 is 17.5 Å². The van der Waals surface area contributed by atoms with Gasteiger partial charge in [-0.2, -0.15) is 0 Å². The highest BCUT2D eigenvalue weighted by Gasteiger charge is 2.12. The molecule has 7 nitrogen and oxygen atoms in total. The van der Waals surface area contributed by atoms with E-state index in [0.717, 1.165) is 11.5 Å². The van der Waals surface area contributed by atoms with E-state index in [0.29, 0.717) is 13.0 Å². The number of aromatic nitrogens is 3. The summed E-state index contributed by atoms with van der Waals surface area (Å²) in [6.45, 7) is 3.26. The molecule has 0 spiro atoms. The van der Waals surface area contributed by atoms with Crippen molar-refractivity contribution in [2.75, 3.05) is 6.54 Å². The smallest absolute Gasteiger partial charge is 0.331 e. The number of nitrogens with one attached hydrogen (secondary N) is 1. The molecule has 0 aromatic carbocycles. The number of carbonyl (C=O) groups excluding carboxylic acids is 1. The normalized spacial score (nSPS) is 12.1. The van der Waals surface area contributed by atoms with E-state index in [1.165, 1.54) is 13.8 Å². The predicted molar refractivity (Wildman–Crippen MR) is 75.7 cm³/mol. The maximum absolute atomic E-state index is 11.8. The molecular weight excluding hydrogens is 272 g/mol. The SMILES string of the molecule is CC(C(=O)O)=C(C)C(=O)NCCc1nnc2ccccn12. The minimum atomic E-state index is -1.09. The average Bonchev–Trinajstić information content (AvgIpc) is 2.89. The van der Waals surface area contributed by atoms with Gasteiger partial charge >= 0.3 is 5.97 Å². The molecule has 21 heavy (non-hydrogen) atoms. The molecule has 2 aromatic rings. The Morgan fingerprint density at radius 1 is 1.24 bits per heavy atom. The van der Waals surface area contributed by atoms with Gasteiger partial charge in [0.1, 0.15) is 5.82 Å². The number of carboxylic acids is 1. The van der Waals surface area contributed by atoms with Crippen molar-refractivity contribution in [1.82, 2.24) is 19.9 Å². The predicted octanol–water partition coefficient (Wildman–Crippen LogP) is 0.809. The number of hydrogen-bond donors (Lipinski definition) is 2. The summed E-state index contributed by atoms with van der Waals surface area (Å²) < 4.78 is 1.84. The van der Waals surface area contributed by atoms with Gasteiger partial charge in [0.05, 0.1) is 0 Å². The number of rotatable bonds is 5. The second-order valence-electron chi connectivity index (χ2n) is 4.61. The molecule has 7 heteroatoms. The van der Waals surface area contributed by atoms with E-state index in [-0.39, 0.29) is 17.1 Å². The molecule has 0 unspecified atom stereocenters. The standard InChI is InChI=1S/C14H16N4O3/c1-9(10(2)14(20)21)13(19)15-7-6-12-17-16-11-5-3-4-8-18(11)12/h3-5,8H,6-7H2,1-2H3,(H,15,19)(H,20,21). The van der Waals surface area contributed by atoms with E-state index < -0.39 is 5.97 Å². The van der Waals surface area contributed by atoms with Crippen molar-refractivity contribution in [3.05, 3.63) is 41.4 Å². The Balaban J connectivity index is 1.97. The summed E-state index contributed by atoms with van der Waals surface area (Å²) in [5.74, 6) is -0.739. The fraction of sp³-hybridized carbons (Fsp3) is 0.286. The number of fused-ring (bicyclic) bond motifs is 1. The van der Waals surface area contributed by atoms with Crippen LogP contribution in [0.3, 0.4) is 0 Å². The molecule has 0 saturated carbocycles. The van der Waals surface area contributed by atoms with E-state index in [9.17, 15) is 9.59 Å². The van der Waals surface area contributed by atoms with E-state index >= 15 is 0 Å². The van der Waals surface area contributed by atoms with Crippen LogP contribution in [-0.4, -0.2) is 38.1 Å². The third kappa shape index (κ3) is 3.25. The van der Waals surface area contributed by atoms with E-state index in [4.69, 9.17) is 5.11 Å². The number of aliphatic carboxylic acids is 1. The molecule has 2 rings (SSSR count). The number of nitrogens with zero attached hydrogens (tertiary/aromatic N) is 3. The molecule has 2 N–H and O–H groups in total. The Morgan fingerprint density at radius 3 is 2.71 bits per heavy atom. The molecule has 0 saturated heterocycles. The van der Waals surface area contributed by atoms with Gasteiger partial charge in [0.25, 0.3) is 0 Å². The molecule has 0 aliphatic heterocycles. The van der Waals surface area contributed by atoms with Crippen LogP contribution >= 0.6 is 0 Å². The quantitative estimate of drug-likeness (QED) is 0.794. The maximum atomic E-state index is 11.8. The van der Waals surface area contributed by atoms with Crippen LogP contribution in [0.4, 0.5) is 0 Å². The number of amides is 1. The second-order valence-corrected chi connectivity index (χ2v) is 4.61. The highest BCUT2D eigenvalue weighted by Crippen LogP contribution is 2.05. The highest BCUT2D eigenvalue weighted by molar-refractivity contribution is 6.01. The molecule has 2 heterocycles. The summed E-state index contributed by atoms with van der Waals surface area (Å²) in [6.07, 6.45) is 2.36. The van der Waals surface area contributed by atoms with Crippen molar-refractivity contribution in [2.45, 2.75) is 20.3 Å². The molecule has 0 fully saturated rings. The zero-order valence-corrected chi connectivity index (χ0v) is 11.8. The van der Waals surface area contributed by atoms with Gasteiger partial charge in [0.15, 0.2) is 5.65 Å². The van der Waals surface area contributed by atoms with Gasteiger partial charge in [-0.25, -0.2) is 4.79 Å². The van der Waals surface area contributed by atoms with Crippen LogP contribution < -0.4 is 5.32 Å². The number of carbonyl (C=O) groups is 2. The minimum Gasteiger partial charge on any atom is -0.478 e. The number of hydrogen-bond acceptors (Lipinski definition) is 4. The first-order chi connectivity index (χ1) is 10.0. The van der Waals surface area contributed by atoms with Crippen molar-refractivity contribution in [3.63, 3.8) is 0 Å². The Bertz CT molecular complexity index is 718.